The first-order chi connectivity index (χ1) is 27.3. The molecule has 254 valence electrons. The minimum absolute atomic E-state index is 1.22. The molecule has 0 spiro atoms. The lowest BCUT2D eigenvalue weighted by molar-refractivity contribution is 1.65. The molecule has 1 aromatic heterocycles. The molecule has 0 aliphatic heterocycles. The first-order valence-electron chi connectivity index (χ1n) is 19.0. The topological polar surface area (TPSA) is 0 Å². The third kappa shape index (κ3) is 4.57. The van der Waals surface area contributed by atoms with Gasteiger partial charge in [0.15, 0.2) is 0 Å². The first kappa shape index (κ1) is 30.6. The van der Waals surface area contributed by atoms with E-state index in [1.54, 1.807) is 0 Å². The monoisotopic (exact) mass is 712 g/mol. The van der Waals surface area contributed by atoms with Crippen LogP contribution < -0.4 is 0 Å². The van der Waals surface area contributed by atoms with Crippen molar-refractivity contribution >= 4 is 96.1 Å². The van der Waals surface area contributed by atoms with Gasteiger partial charge in [-0.25, -0.2) is 0 Å². The Bertz CT molecular complexity index is 3520. The van der Waals surface area contributed by atoms with E-state index < -0.39 is 0 Å². The first-order valence-corrected chi connectivity index (χ1v) is 19.8. The summed E-state index contributed by atoms with van der Waals surface area (Å²) in [7, 11) is 0. The van der Waals surface area contributed by atoms with E-state index in [2.05, 4.69) is 194 Å². The molecule has 12 rings (SSSR count). The predicted octanol–water partition coefficient (Wildman–Crippen LogP) is 16.0. The molecule has 0 saturated carbocycles. The average molecular weight is 713 g/mol. The van der Waals surface area contributed by atoms with Gasteiger partial charge in [-0.05, 0) is 122 Å². The number of fused-ring (bicyclic) bond motifs is 11. The number of hydrogen-bond acceptors (Lipinski definition) is 1. The van der Waals surface area contributed by atoms with Gasteiger partial charge in [0.1, 0.15) is 0 Å². The van der Waals surface area contributed by atoms with Gasteiger partial charge in [0.05, 0.1) is 0 Å². The summed E-state index contributed by atoms with van der Waals surface area (Å²) >= 11 is 1.90. The Morgan fingerprint density at radius 1 is 0.236 bits per heavy atom. The summed E-state index contributed by atoms with van der Waals surface area (Å²) in [5, 5.41) is 18.1. The Morgan fingerprint density at radius 3 is 1.25 bits per heavy atom. The second kappa shape index (κ2) is 11.9. The average Bonchev–Trinajstić information content (AvgIpc) is 3.65. The zero-order chi connectivity index (χ0) is 36.0. The third-order valence-corrected chi connectivity index (χ3v) is 13.0. The number of rotatable bonds is 3. The molecule has 0 fully saturated rings. The number of benzene rings is 10. The van der Waals surface area contributed by atoms with Crippen molar-refractivity contribution in [3.63, 3.8) is 0 Å². The van der Waals surface area contributed by atoms with Crippen LogP contribution in [0, 0.1) is 0 Å². The molecule has 0 nitrogen and oxygen atoms in total. The maximum absolute atomic E-state index is 2.47. The highest BCUT2D eigenvalue weighted by Crippen LogP contribution is 2.47. The molecule has 0 N–H and O–H groups in total. The van der Waals surface area contributed by atoms with E-state index in [1.165, 1.54) is 118 Å². The molecule has 0 atom stereocenters. The SMILES string of the molecule is c1ccc(-c2ccc3c4cc(-c5cccc6c5sc5ccccc56)ccc4c4cccc5c6cc(-c7ccccc7)ccc6c6cccc(c3c2)c6c45)cc1. The predicted molar refractivity (Wildman–Crippen MR) is 241 cm³/mol. The highest BCUT2D eigenvalue weighted by molar-refractivity contribution is 7.26. The highest BCUT2D eigenvalue weighted by Gasteiger charge is 2.18. The number of hydrogen-bond donors (Lipinski definition) is 0. The molecular weight excluding hydrogens is 681 g/mol. The lowest BCUT2D eigenvalue weighted by atomic mass is 9.85. The molecule has 12 aromatic rings. The minimum Gasteiger partial charge on any atom is -0.135 e. The molecule has 1 heterocycles. The molecule has 0 aliphatic rings. The highest BCUT2D eigenvalue weighted by atomic mass is 32.1. The van der Waals surface area contributed by atoms with Crippen LogP contribution in [0.2, 0.25) is 0 Å². The third-order valence-electron chi connectivity index (χ3n) is 11.8. The van der Waals surface area contributed by atoms with Gasteiger partial charge < -0.3 is 0 Å². The largest absolute Gasteiger partial charge is 0.135 e. The fourth-order valence-corrected chi connectivity index (χ4v) is 10.5. The maximum atomic E-state index is 2.47. The fourth-order valence-electron chi connectivity index (χ4n) is 9.31. The van der Waals surface area contributed by atoms with Crippen molar-refractivity contribution in [3.8, 4) is 33.4 Å². The van der Waals surface area contributed by atoms with E-state index >= 15 is 0 Å². The molecule has 1 heteroatoms. The van der Waals surface area contributed by atoms with Gasteiger partial charge in [0.2, 0.25) is 0 Å². The van der Waals surface area contributed by atoms with Crippen LogP contribution in [0.1, 0.15) is 0 Å². The van der Waals surface area contributed by atoms with Crippen LogP contribution in [0.5, 0.6) is 0 Å². The van der Waals surface area contributed by atoms with Crippen molar-refractivity contribution in [2.75, 3.05) is 0 Å². The van der Waals surface area contributed by atoms with Crippen molar-refractivity contribution < 1.29 is 0 Å². The lowest BCUT2D eigenvalue weighted by Gasteiger charge is -2.18. The summed E-state index contributed by atoms with van der Waals surface area (Å²) in [6, 6.07) is 72.4. The molecule has 0 unspecified atom stereocenters. The van der Waals surface area contributed by atoms with Crippen molar-refractivity contribution in [3.05, 3.63) is 194 Å². The normalized spacial score (nSPS) is 12.0. The van der Waals surface area contributed by atoms with Gasteiger partial charge >= 0.3 is 0 Å². The maximum Gasteiger partial charge on any atom is 0.0433 e. The summed E-state index contributed by atoms with van der Waals surface area (Å²) in [4.78, 5) is 0. The Kier molecular flexibility index (Phi) is 6.60. The molecule has 0 aliphatic carbocycles. The Morgan fingerprint density at radius 2 is 0.655 bits per heavy atom. The van der Waals surface area contributed by atoms with Crippen LogP contribution in [0.4, 0.5) is 0 Å². The van der Waals surface area contributed by atoms with Gasteiger partial charge in [-0.1, -0.05) is 170 Å². The van der Waals surface area contributed by atoms with E-state index in [9.17, 15) is 0 Å². The minimum atomic E-state index is 1.22. The fraction of sp³-hybridized carbons (Fsp3) is 0. The van der Waals surface area contributed by atoms with Gasteiger partial charge in [-0.15, -0.1) is 11.3 Å². The second-order valence-electron chi connectivity index (χ2n) is 14.7. The standard InChI is InChI=1S/C54H32S/c1-3-12-33(13-4-1)35-24-27-40-44-19-11-21-46-50-31-36(34-14-5-2-6-15-34)25-28-41(50)48-32-37(38-17-9-22-47-42-16-7-8-23-51(42)55-54(38)47)26-29-39(48)43-18-10-20-45(49(40)30-35)52(43)53(44)46/h1-32H. The molecule has 0 radical (unpaired) electrons. The summed E-state index contributed by atoms with van der Waals surface area (Å²) in [6.07, 6.45) is 0. The van der Waals surface area contributed by atoms with E-state index in [-0.39, 0.29) is 0 Å². The quantitative estimate of drug-likeness (QED) is 0.160. The van der Waals surface area contributed by atoms with Crippen LogP contribution in [-0.2, 0) is 0 Å². The Hall–Kier alpha value is -6.80. The van der Waals surface area contributed by atoms with Gasteiger partial charge in [0.25, 0.3) is 0 Å². The second-order valence-corrected chi connectivity index (χ2v) is 15.8. The summed E-state index contributed by atoms with van der Waals surface area (Å²) < 4.78 is 2.67. The Balaban J connectivity index is 1.27. The van der Waals surface area contributed by atoms with Crippen LogP contribution in [0.15, 0.2) is 194 Å². The van der Waals surface area contributed by atoms with Gasteiger partial charge in [0, 0.05) is 20.2 Å². The molecular formula is C54H32S. The van der Waals surface area contributed by atoms with Crippen LogP contribution in [-0.4, -0.2) is 0 Å². The van der Waals surface area contributed by atoms with E-state index in [1.807, 2.05) is 11.3 Å². The molecule has 11 aromatic carbocycles. The smallest absolute Gasteiger partial charge is 0.0433 e. The van der Waals surface area contributed by atoms with E-state index in [0.717, 1.165) is 0 Å². The van der Waals surface area contributed by atoms with Crippen molar-refractivity contribution in [2.24, 2.45) is 0 Å². The van der Waals surface area contributed by atoms with Crippen molar-refractivity contribution in [2.45, 2.75) is 0 Å². The zero-order valence-electron chi connectivity index (χ0n) is 29.9. The summed E-state index contributed by atoms with van der Waals surface area (Å²) in [5.41, 5.74) is 7.44. The zero-order valence-corrected chi connectivity index (χ0v) is 30.7. The molecule has 0 saturated heterocycles. The number of thiophene rings is 1. The van der Waals surface area contributed by atoms with Crippen molar-refractivity contribution in [1.82, 2.24) is 0 Å². The lowest BCUT2D eigenvalue weighted by Crippen LogP contribution is -1.90. The van der Waals surface area contributed by atoms with E-state index in [4.69, 9.17) is 0 Å². The van der Waals surface area contributed by atoms with Gasteiger partial charge in [-0.3, -0.25) is 0 Å². The van der Waals surface area contributed by atoms with Crippen LogP contribution in [0.25, 0.3) is 118 Å². The van der Waals surface area contributed by atoms with Crippen LogP contribution in [0.3, 0.4) is 0 Å². The molecule has 55 heavy (non-hydrogen) atoms. The van der Waals surface area contributed by atoms with E-state index in [0.29, 0.717) is 0 Å². The van der Waals surface area contributed by atoms with Gasteiger partial charge in [-0.2, -0.15) is 0 Å². The summed E-state index contributed by atoms with van der Waals surface area (Å²) in [5.74, 6) is 0. The van der Waals surface area contributed by atoms with Crippen LogP contribution >= 0.6 is 11.3 Å². The van der Waals surface area contributed by atoms with Crippen molar-refractivity contribution in [1.29, 1.82) is 0 Å². The molecule has 0 bridgehead atoms. The Labute approximate surface area is 322 Å². The molecule has 0 amide bonds. The summed E-state index contributed by atoms with van der Waals surface area (Å²) in [6.45, 7) is 0.